The monoisotopic (exact) mass is 432 g/mol. The second-order valence-corrected chi connectivity index (χ2v) is 8.42. The summed E-state index contributed by atoms with van der Waals surface area (Å²) in [5, 5.41) is 8.52. The Morgan fingerprint density at radius 3 is 2.55 bits per heavy atom. The van der Waals surface area contributed by atoms with Crippen molar-refractivity contribution >= 4 is 11.6 Å². The van der Waals surface area contributed by atoms with Gasteiger partial charge in [0.25, 0.3) is 5.91 Å². The van der Waals surface area contributed by atoms with Crippen molar-refractivity contribution in [3.63, 3.8) is 0 Å². The van der Waals surface area contributed by atoms with Gasteiger partial charge in [0.1, 0.15) is 5.69 Å². The van der Waals surface area contributed by atoms with E-state index in [9.17, 15) is 18.0 Å². The lowest BCUT2D eigenvalue weighted by atomic mass is 10.1. The van der Waals surface area contributed by atoms with Crippen molar-refractivity contribution in [3.8, 4) is 0 Å². The van der Waals surface area contributed by atoms with Gasteiger partial charge in [0.2, 0.25) is 0 Å². The molecule has 0 unspecified atom stereocenters. The maximum atomic E-state index is 13.7. The predicted octanol–water partition coefficient (Wildman–Crippen LogP) is 4.12. The van der Waals surface area contributed by atoms with Crippen molar-refractivity contribution in [3.05, 3.63) is 47.2 Å². The van der Waals surface area contributed by atoms with Crippen LogP contribution in [-0.2, 0) is 13.2 Å². The summed E-state index contributed by atoms with van der Waals surface area (Å²) in [6.45, 7) is 0.515. The molecule has 0 radical (unpaired) electrons. The van der Waals surface area contributed by atoms with Crippen LogP contribution in [0.2, 0.25) is 0 Å². The number of hydrogen-bond acceptors (Lipinski definition) is 4. The van der Waals surface area contributed by atoms with Gasteiger partial charge in [-0.2, -0.15) is 23.4 Å². The van der Waals surface area contributed by atoms with E-state index in [0.29, 0.717) is 12.2 Å². The van der Waals surface area contributed by atoms with E-state index in [-0.39, 0.29) is 29.2 Å². The summed E-state index contributed by atoms with van der Waals surface area (Å²) in [7, 11) is 1.82. The third-order valence-electron chi connectivity index (χ3n) is 6.04. The van der Waals surface area contributed by atoms with Crippen LogP contribution in [-0.4, -0.2) is 41.7 Å². The molecule has 5 rings (SSSR count). The van der Waals surface area contributed by atoms with Crippen LogP contribution >= 0.6 is 0 Å². The van der Waals surface area contributed by atoms with Gasteiger partial charge in [-0.05, 0) is 37.8 Å². The predicted molar refractivity (Wildman–Crippen MR) is 105 cm³/mol. The lowest BCUT2D eigenvalue weighted by molar-refractivity contribution is -0.142. The number of hydrogen-bond donors (Lipinski definition) is 0. The van der Waals surface area contributed by atoms with Crippen LogP contribution in [0.15, 0.2) is 24.4 Å². The summed E-state index contributed by atoms with van der Waals surface area (Å²) in [6.07, 6.45) is 2.45. The first kappa shape index (κ1) is 20.0. The molecule has 0 N–H and O–H groups in total. The van der Waals surface area contributed by atoms with Gasteiger partial charge in [-0.15, -0.1) is 0 Å². The molecule has 1 saturated carbocycles. The lowest BCUT2D eigenvalue weighted by Crippen LogP contribution is -2.35. The van der Waals surface area contributed by atoms with E-state index in [0.717, 1.165) is 54.8 Å². The highest BCUT2D eigenvalue weighted by Gasteiger charge is 2.38. The Balaban J connectivity index is 1.55. The number of alkyl halides is 3. The zero-order chi connectivity index (χ0) is 21.8. The summed E-state index contributed by atoms with van der Waals surface area (Å²) < 4.78 is 43.5. The molecule has 164 valence electrons. The SMILES string of the molecule is Cn1ccc([C@@H]2CCCCCN2C(=O)c2cc3nc(C4CC4)cc(C(F)(F)F)n3n2)n1. The van der Waals surface area contributed by atoms with Gasteiger partial charge in [-0.1, -0.05) is 12.8 Å². The number of nitrogens with zero attached hydrogens (tertiary/aromatic N) is 6. The average Bonchev–Trinajstić information content (AvgIpc) is 3.42. The maximum absolute atomic E-state index is 13.7. The van der Waals surface area contributed by atoms with Gasteiger partial charge < -0.3 is 4.90 Å². The lowest BCUT2D eigenvalue weighted by Gasteiger charge is -2.28. The number of carbonyl (C=O) groups excluding carboxylic acids is 1. The Labute approximate surface area is 176 Å². The standard InChI is InChI=1S/C21H23F3N6O/c1-28-10-8-14(26-28)17-5-3-2-4-9-29(17)20(31)16-12-19-25-15(13-6-7-13)11-18(21(22,23)24)30(19)27-16/h8,10-13,17H,2-7,9H2,1H3/t17-/m0/s1. The van der Waals surface area contributed by atoms with Gasteiger partial charge in [0.15, 0.2) is 11.3 Å². The van der Waals surface area contributed by atoms with Crippen molar-refractivity contribution in [2.24, 2.45) is 7.05 Å². The molecule has 0 bridgehead atoms. The normalized spacial score (nSPS) is 20.3. The van der Waals surface area contributed by atoms with Gasteiger partial charge in [-0.3, -0.25) is 9.48 Å². The Morgan fingerprint density at radius 2 is 1.87 bits per heavy atom. The second kappa shape index (κ2) is 7.35. The van der Waals surface area contributed by atoms with Gasteiger partial charge in [0, 0.05) is 37.5 Å². The van der Waals surface area contributed by atoms with Gasteiger partial charge in [-0.25, -0.2) is 9.50 Å². The number of aryl methyl sites for hydroxylation is 1. The fraction of sp³-hybridized carbons (Fsp3) is 0.524. The fourth-order valence-electron chi connectivity index (χ4n) is 4.31. The first-order valence-corrected chi connectivity index (χ1v) is 10.6. The number of likely N-dealkylation sites (tertiary alicyclic amines) is 1. The Morgan fingerprint density at radius 1 is 1.06 bits per heavy atom. The van der Waals surface area contributed by atoms with Gasteiger partial charge >= 0.3 is 6.18 Å². The zero-order valence-electron chi connectivity index (χ0n) is 17.1. The van der Waals surface area contributed by atoms with Crippen LogP contribution < -0.4 is 0 Å². The largest absolute Gasteiger partial charge is 0.433 e. The smallest absolute Gasteiger partial charge is 0.329 e. The number of aromatic nitrogens is 5. The van der Waals surface area contributed by atoms with Crippen LogP contribution in [0.3, 0.4) is 0 Å². The number of rotatable bonds is 3. The molecule has 7 nitrogen and oxygen atoms in total. The number of amides is 1. The van der Waals surface area contributed by atoms with Crippen LogP contribution in [0.5, 0.6) is 0 Å². The van der Waals surface area contributed by atoms with E-state index in [2.05, 4.69) is 15.2 Å². The van der Waals surface area contributed by atoms with Crippen LogP contribution in [0.25, 0.3) is 5.65 Å². The maximum Gasteiger partial charge on any atom is 0.433 e. The van der Waals surface area contributed by atoms with Crippen molar-refractivity contribution in [1.29, 1.82) is 0 Å². The van der Waals surface area contributed by atoms with Crippen molar-refractivity contribution in [2.45, 2.75) is 56.7 Å². The van der Waals surface area contributed by atoms with E-state index < -0.39 is 11.9 Å². The molecule has 1 aliphatic carbocycles. The zero-order valence-corrected chi connectivity index (χ0v) is 17.1. The summed E-state index contributed by atoms with van der Waals surface area (Å²) in [5.74, 6) is -0.330. The minimum absolute atomic E-state index is 0.0196. The molecule has 3 aromatic heterocycles. The molecule has 0 spiro atoms. The summed E-state index contributed by atoms with van der Waals surface area (Å²) in [4.78, 5) is 19.5. The molecular weight excluding hydrogens is 409 g/mol. The molecule has 31 heavy (non-hydrogen) atoms. The Bertz CT molecular complexity index is 1130. The third kappa shape index (κ3) is 3.79. The summed E-state index contributed by atoms with van der Waals surface area (Å²) in [6, 6.07) is 4.10. The van der Waals surface area contributed by atoms with E-state index >= 15 is 0 Å². The molecule has 1 amide bonds. The highest BCUT2D eigenvalue weighted by atomic mass is 19.4. The molecular formula is C21H23F3N6O. The Kier molecular flexibility index (Phi) is 4.75. The molecule has 1 saturated heterocycles. The van der Waals surface area contributed by atoms with Crippen LogP contribution in [0.4, 0.5) is 13.2 Å². The van der Waals surface area contributed by atoms with E-state index in [1.54, 1.807) is 9.58 Å². The molecule has 4 heterocycles. The highest BCUT2D eigenvalue weighted by molar-refractivity contribution is 5.93. The minimum Gasteiger partial charge on any atom is -0.329 e. The summed E-state index contributed by atoms with van der Waals surface area (Å²) in [5.41, 5.74) is 0.347. The van der Waals surface area contributed by atoms with E-state index in [1.165, 1.54) is 6.07 Å². The quantitative estimate of drug-likeness (QED) is 0.625. The second-order valence-electron chi connectivity index (χ2n) is 8.42. The highest BCUT2D eigenvalue weighted by Crippen LogP contribution is 2.41. The number of carbonyl (C=O) groups is 1. The van der Waals surface area contributed by atoms with E-state index in [1.807, 2.05) is 19.3 Å². The molecule has 2 aliphatic rings. The fourth-order valence-corrected chi connectivity index (χ4v) is 4.31. The first-order chi connectivity index (χ1) is 14.8. The van der Waals surface area contributed by atoms with Crippen molar-refractivity contribution in [2.75, 3.05) is 6.54 Å². The molecule has 0 aromatic carbocycles. The van der Waals surface area contributed by atoms with Crippen LogP contribution in [0.1, 0.15) is 78.1 Å². The van der Waals surface area contributed by atoms with Crippen molar-refractivity contribution in [1.82, 2.24) is 29.3 Å². The van der Waals surface area contributed by atoms with Crippen molar-refractivity contribution < 1.29 is 18.0 Å². The molecule has 10 heteroatoms. The topological polar surface area (TPSA) is 68.3 Å². The molecule has 1 aliphatic heterocycles. The van der Waals surface area contributed by atoms with E-state index in [4.69, 9.17) is 0 Å². The minimum atomic E-state index is -4.59. The number of halogens is 3. The summed E-state index contributed by atoms with van der Waals surface area (Å²) >= 11 is 0. The number of fused-ring (bicyclic) bond motifs is 1. The van der Waals surface area contributed by atoms with Crippen LogP contribution in [0, 0.1) is 0 Å². The molecule has 2 fully saturated rings. The Hall–Kier alpha value is -2.91. The van der Waals surface area contributed by atoms with Gasteiger partial charge in [0.05, 0.1) is 11.7 Å². The molecule has 1 atom stereocenters. The first-order valence-electron chi connectivity index (χ1n) is 10.6. The molecule has 3 aromatic rings. The average molecular weight is 432 g/mol. The third-order valence-corrected chi connectivity index (χ3v) is 6.04.